The smallest absolute Gasteiger partial charge is 0.173 e. The molecule has 8 nitrogen and oxygen atoms in total. The third kappa shape index (κ3) is 4.06. The molecule has 0 spiro atoms. The first-order valence-corrected chi connectivity index (χ1v) is 9.28. The van der Waals surface area contributed by atoms with E-state index >= 15 is 0 Å². The molecular weight excluding hydrogens is 344 g/mol. The Morgan fingerprint density at radius 3 is 2.33 bits per heavy atom. The summed E-state index contributed by atoms with van der Waals surface area (Å²) in [4.78, 5) is 4.77. The van der Waals surface area contributed by atoms with E-state index < -0.39 is 0 Å². The van der Waals surface area contributed by atoms with Gasteiger partial charge in [-0.25, -0.2) is 4.68 Å². The van der Waals surface area contributed by atoms with Gasteiger partial charge >= 0.3 is 0 Å². The molecule has 0 N–H and O–H groups in total. The van der Waals surface area contributed by atoms with Crippen molar-refractivity contribution in [2.24, 2.45) is 0 Å². The second-order valence-corrected chi connectivity index (χ2v) is 7.97. The molecule has 1 aromatic heterocycles. The van der Waals surface area contributed by atoms with Crippen molar-refractivity contribution in [2.75, 3.05) is 47.4 Å². The lowest BCUT2D eigenvalue weighted by Gasteiger charge is -2.38. The van der Waals surface area contributed by atoms with Crippen molar-refractivity contribution in [1.82, 2.24) is 30.0 Å². The number of methoxy groups -OCH3 is 2. The Balaban J connectivity index is 2.11. The van der Waals surface area contributed by atoms with Crippen LogP contribution in [0.1, 0.15) is 38.2 Å². The van der Waals surface area contributed by atoms with E-state index in [4.69, 9.17) is 9.47 Å². The van der Waals surface area contributed by atoms with Gasteiger partial charge in [0.15, 0.2) is 5.82 Å². The fraction of sp³-hybridized carbons (Fsp3) is 0.632. The molecule has 1 aliphatic heterocycles. The summed E-state index contributed by atoms with van der Waals surface area (Å²) >= 11 is 0. The van der Waals surface area contributed by atoms with Gasteiger partial charge in [-0.15, -0.1) is 5.10 Å². The molecule has 3 rings (SSSR count). The van der Waals surface area contributed by atoms with Crippen molar-refractivity contribution in [3.05, 3.63) is 29.6 Å². The van der Waals surface area contributed by atoms with E-state index in [0.29, 0.717) is 0 Å². The highest BCUT2D eigenvalue weighted by atomic mass is 16.5. The SMILES string of the molecule is COc1ccc([C@H](c2nnnn2C(C)(C)C)N2CCN(C)CC2)c(OC)c1. The number of hydrogen-bond donors (Lipinski definition) is 0. The van der Waals surface area contributed by atoms with E-state index in [0.717, 1.165) is 49.1 Å². The van der Waals surface area contributed by atoms with Gasteiger partial charge in [0.05, 0.1) is 19.8 Å². The maximum Gasteiger partial charge on any atom is 0.173 e. The van der Waals surface area contributed by atoms with Crippen LogP contribution in [0.5, 0.6) is 11.5 Å². The number of tetrazole rings is 1. The standard InChI is InChI=1S/C19H30N6O2/c1-19(2,3)25-18(20-21-22-25)17(24-11-9-23(4)10-12-24)15-8-7-14(26-5)13-16(15)27-6/h7-8,13,17H,9-12H2,1-6H3/t17-/m1/s1. The summed E-state index contributed by atoms with van der Waals surface area (Å²) < 4.78 is 13.0. The minimum absolute atomic E-state index is 0.0891. The van der Waals surface area contributed by atoms with E-state index in [1.54, 1.807) is 14.2 Å². The monoisotopic (exact) mass is 374 g/mol. The van der Waals surface area contributed by atoms with Gasteiger partial charge in [-0.05, 0) is 50.4 Å². The Bertz CT molecular complexity index is 762. The first kappa shape index (κ1) is 19.6. The maximum atomic E-state index is 5.71. The molecular formula is C19H30N6O2. The van der Waals surface area contributed by atoms with Crippen LogP contribution in [-0.4, -0.2) is 77.5 Å². The normalized spacial score (nSPS) is 17.7. The number of aromatic nitrogens is 4. The lowest BCUT2D eigenvalue weighted by Crippen LogP contribution is -2.47. The molecule has 0 aliphatic carbocycles. The first-order chi connectivity index (χ1) is 12.8. The average molecular weight is 374 g/mol. The molecule has 0 bridgehead atoms. The number of benzene rings is 1. The van der Waals surface area contributed by atoms with E-state index in [1.807, 2.05) is 16.8 Å². The van der Waals surface area contributed by atoms with Crippen LogP contribution in [-0.2, 0) is 5.54 Å². The Hall–Kier alpha value is -2.19. The molecule has 1 aromatic carbocycles. The maximum absolute atomic E-state index is 5.71. The van der Waals surface area contributed by atoms with E-state index in [1.165, 1.54) is 0 Å². The van der Waals surface area contributed by atoms with Gasteiger partial charge in [-0.2, -0.15) is 0 Å². The molecule has 2 aromatic rings. The molecule has 8 heteroatoms. The van der Waals surface area contributed by atoms with Crippen LogP contribution >= 0.6 is 0 Å². The number of nitrogens with zero attached hydrogens (tertiary/aromatic N) is 6. The minimum Gasteiger partial charge on any atom is -0.497 e. The molecule has 2 heterocycles. The fourth-order valence-corrected chi connectivity index (χ4v) is 3.47. The number of likely N-dealkylation sites (N-methyl/N-ethyl adjacent to an activating group) is 1. The Morgan fingerprint density at radius 2 is 1.74 bits per heavy atom. The summed E-state index contributed by atoms with van der Waals surface area (Å²) in [6.45, 7) is 10.2. The summed E-state index contributed by atoms with van der Waals surface area (Å²) in [5, 5.41) is 12.7. The van der Waals surface area contributed by atoms with Crippen LogP contribution < -0.4 is 9.47 Å². The summed E-state index contributed by atoms with van der Waals surface area (Å²) in [6, 6.07) is 5.85. The molecule has 148 valence electrons. The van der Waals surface area contributed by atoms with Gasteiger partial charge < -0.3 is 14.4 Å². The minimum atomic E-state index is -0.219. The molecule has 27 heavy (non-hydrogen) atoms. The molecule has 1 aliphatic rings. The van der Waals surface area contributed by atoms with Crippen molar-refractivity contribution in [3.63, 3.8) is 0 Å². The highest BCUT2D eigenvalue weighted by Crippen LogP contribution is 2.37. The van der Waals surface area contributed by atoms with E-state index in [2.05, 4.69) is 59.2 Å². The van der Waals surface area contributed by atoms with Crippen molar-refractivity contribution in [3.8, 4) is 11.5 Å². The third-order valence-corrected chi connectivity index (χ3v) is 5.01. The Labute approximate surface area is 161 Å². The van der Waals surface area contributed by atoms with E-state index in [9.17, 15) is 0 Å². The summed E-state index contributed by atoms with van der Waals surface area (Å²) in [7, 11) is 5.50. The Morgan fingerprint density at radius 1 is 1.04 bits per heavy atom. The van der Waals surface area contributed by atoms with Gasteiger partial charge in [0.2, 0.25) is 0 Å². The zero-order valence-electron chi connectivity index (χ0n) is 17.1. The van der Waals surface area contributed by atoms with Gasteiger partial charge in [0.1, 0.15) is 17.5 Å². The zero-order chi connectivity index (χ0) is 19.6. The number of hydrogen-bond acceptors (Lipinski definition) is 7. The van der Waals surface area contributed by atoms with Crippen molar-refractivity contribution >= 4 is 0 Å². The molecule has 0 radical (unpaired) electrons. The van der Waals surface area contributed by atoms with Gasteiger partial charge in [0.25, 0.3) is 0 Å². The zero-order valence-corrected chi connectivity index (χ0v) is 17.1. The van der Waals surface area contributed by atoms with Crippen LogP contribution in [0.2, 0.25) is 0 Å². The van der Waals surface area contributed by atoms with Gasteiger partial charge in [0, 0.05) is 37.8 Å². The van der Waals surface area contributed by atoms with Crippen molar-refractivity contribution in [1.29, 1.82) is 0 Å². The number of ether oxygens (including phenoxy) is 2. The first-order valence-electron chi connectivity index (χ1n) is 9.28. The van der Waals surface area contributed by atoms with Crippen LogP contribution in [0.3, 0.4) is 0 Å². The Kier molecular flexibility index (Phi) is 5.67. The molecule has 1 fully saturated rings. The third-order valence-electron chi connectivity index (χ3n) is 5.01. The van der Waals surface area contributed by atoms with Crippen LogP contribution in [0, 0.1) is 0 Å². The van der Waals surface area contributed by atoms with Crippen molar-refractivity contribution < 1.29 is 9.47 Å². The predicted octanol–water partition coefficient (Wildman–Crippen LogP) is 1.78. The van der Waals surface area contributed by atoms with Gasteiger partial charge in [-0.1, -0.05) is 0 Å². The topological polar surface area (TPSA) is 68.5 Å². The lowest BCUT2D eigenvalue weighted by atomic mass is 10.00. The second-order valence-electron chi connectivity index (χ2n) is 7.97. The largest absolute Gasteiger partial charge is 0.497 e. The summed E-state index contributed by atoms with van der Waals surface area (Å²) in [6.07, 6.45) is 0. The number of rotatable bonds is 5. The average Bonchev–Trinajstić information content (AvgIpc) is 3.13. The van der Waals surface area contributed by atoms with Crippen LogP contribution in [0.15, 0.2) is 18.2 Å². The lowest BCUT2D eigenvalue weighted by molar-refractivity contribution is 0.117. The second kappa shape index (κ2) is 7.82. The van der Waals surface area contributed by atoms with E-state index in [-0.39, 0.29) is 11.6 Å². The highest BCUT2D eigenvalue weighted by Gasteiger charge is 2.34. The summed E-state index contributed by atoms with van der Waals surface area (Å²) in [5.74, 6) is 2.38. The van der Waals surface area contributed by atoms with Crippen LogP contribution in [0.4, 0.5) is 0 Å². The van der Waals surface area contributed by atoms with Crippen LogP contribution in [0.25, 0.3) is 0 Å². The van der Waals surface area contributed by atoms with Crippen molar-refractivity contribution in [2.45, 2.75) is 32.4 Å². The quantitative estimate of drug-likeness (QED) is 0.790. The molecule has 1 atom stereocenters. The molecule has 0 unspecified atom stereocenters. The predicted molar refractivity (Wildman–Crippen MR) is 103 cm³/mol. The van der Waals surface area contributed by atoms with Gasteiger partial charge in [-0.3, -0.25) is 4.90 Å². The highest BCUT2D eigenvalue weighted by molar-refractivity contribution is 5.44. The summed E-state index contributed by atoms with van der Waals surface area (Å²) in [5.41, 5.74) is 0.826. The molecule has 1 saturated heterocycles. The molecule has 0 amide bonds. The number of piperazine rings is 1. The molecule has 0 saturated carbocycles. The fourth-order valence-electron chi connectivity index (χ4n) is 3.47.